The van der Waals surface area contributed by atoms with Gasteiger partial charge in [-0.25, -0.2) is 4.98 Å². The van der Waals surface area contributed by atoms with E-state index in [1.54, 1.807) is 11.8 Å². The fourth-order valence-electron chi connectivity index (χ4n) is 3.74. The van der Waals surface area contributed by atoms with E-state index in [0.717, 1.165) is 23.1 Å². The van der Waals surface area contributed by atoms with Crippen molar-refractivity contribution in [1.29, 1.82) is 0 Å². The first-order chi connectivity index (χ1) is 11.6. The van der Waals surface area contributed by atoms with Crippen LogP contribution in [-0.4, -0.2) is 24.8 Å². The Labute approximate surface area is 150 Å². The maximum absolute atomic E-state index is 5.12. The average Bonchev–Trinajstić information content (AvgIpc) is 3.20. The molecule has 1 fully saturated rings. The predicted molar refractivity (Wildman–Crippen MR) is 100 cm³/mol. The Hall–Kier alpha value is -1.14. The van der Waals surface area contributed by atoms with Gasteiger partial charge in [0.25, 0.3) is 0 Å². The van der Waals surface area contributed by atoms with Gasteiger partial charge in [-0.1, -0.05) is 32.5 Å². The number of aromatic nitrogens is 4. The normalized spacial score (nSPS) is 21.1. The monoisotopic (exact) mass is 358 g/mol. The second-order valence-electron chi connectivity index (χ2n) is 7.58. The van der Waals surface area contributed by atoms with Crippen molar-refractivity contribution in [2.45, 2.75) is 69.2 Å². The van der Waals surface area contributed by atoms with Crippen LogP contribution in [0.2, 0.25) is 0 Å². The molecule has 2 aliphatic rings. The maximum Gasteiger partial charge on any atom is 0.197 e. The molecule has 3 heterocycles. The minimum absolute atomic E-state index is 0.498. The Kier molecular flexibility index (Phi) is 3.42. The summed E-state index contributed by atoms with van der Waals surface area (Å²) in [5, 5.41) is 12.0. The molecule has 5 rings (SSSR count). The van der Waals surface area contributed by atoms with Gasteiger partial charge in [0.05, 0.1) is 5.39 Å². The first kappa shape index (κ1) is 15.1. The molecule has 4 nitrogen and oxygen atoms in total. The van der Waals surface area contributed by atoms with Crippen LogP contribution in [0.4, 0.5) is 0 Å². The number of aryl methyl sites for hydroxylation is 1. The van der Waals surface area contributed by atoms with Crippen LogP contribution >= 0.6 is 23.1 Å². The van der Waals surface area contributed by atoms with Gasteiger partial charge in [0, 0.05) is 16.0 Å². The number of nitrogens with zero attached hydrogens (tertiary/aromatic N) is 4. The molecule has 6 heteroatoms. The summed E-state index contributed by atoms with van der Waals surface area (Å²) in [5.41, 5.74) is 2.55. The second kappa shape index (κ2) is 5.43. The zero-order chi connectivity index (χ0) is 16.4. The Bertz CT molecular complexity index is 936. The number of thioether (sulfide) groups is 1. The summed E-state index contributed by atoms with van der Waals surface area (Å²) in [7, 11) is 0. The zero-order valence-corrected chi connectivity index (χ0v) is 16.0. The molecule has 1 atom stereocenters. The third-order valence-corrected chi connectivity index (χ3v) is 7.17. The van der Waals surface area contributed by atoms with Gasteiger partial charge in [0.2, 0.25) is 0 Å². The van der Waals surface area contributed by atoms with E-state index < -0.39 is 0 Å². The Morgan fingerprint density at radius 1 is 1.21 bits per heavy atom. The Balaban J connectivity index is 1.81. The summed E-state index contributed by atoms with van der Waals surface area (Å²) in [4.78, 5) is 7.85. The molecule has 0 bridgehead atoms. The van der Waals surface area contributed by atoms with E-state index in [2.05, 4.69) is 35.4 Å². The molecule has 24 heavy (non-hydrogen) atoms. The SMILES string of the molecule is CC(C)Sc1nnc2c3c4c(sc3nc(C3CC3)n12)C[C@@H](C)CC4. The highest BCUT2D eigenvalue weighted by molar-refractivity contribution is 7.99. The van der Waals surface area contributed by atoms with Crippen LogP contribution in [0.5, 0.6) is 0 Å². The predicted octanol–water partition coefficient (Wildman–Crippen LogP) is 4.84. The standard InChI is InChI=1S/C18H22N4S2/c1-9(2)23-18-21-20-16-14-12-7-4-10(3)8-13(12)24-17(14)19-15(22(16)18)11-5-6-11/h9-11H,4-8H2,1-3H3/t10-/m0/s1. The van der Waals surface area contributed by atoms with Crippen molar-refractivity contribution in [1.82, 2.24) is 19.6 Å². The van der Waals surface area contributed by atoms with Crippen LogP contribution in [0.3, 0.4) is 0 Å². The third-order valence-electron chi connectivity index (χ3n) is 5.08. The van der Waals surface area contributed by atoms with Crippen molar-refractivity contribution >= 4 is 39.0 Å². The largest absolute Gasteiger partial charge is 0.257 e. The topological polar surface area (TPSA) is 43.1 Å². The quantitative estimate of drug-likeness (QED) is 0.628. The van der Waals surface area contributed by atoms with Crippen molar-refractivity contribution in [3.63, 3.8) is 0 Å². The third kappa shape index (κ3) is 2.30. The lowest BCUT2D eigenvalue weighted by Crippen LogP contribution is -2.09. The summed E-state index contributed by atoms with van der Waals surface area (Å²) in [6.07, 6.45) is 6.13. The molecule has 3 aromatic rings. The second-order valence-corrected chi connectivity index (χ2v) is 10.2. The van der Waals surface area contributed by atoms with Gasteiger partial charge in [-0.15, -0.1) is 21.5 Å². The number of hydrogen-bond acceptors (Lipinski definition) is 5. The van der Waals surface area contributed by atoms with Crippen LogP contribution in [0.15, 0.2) is 5.16 Å². The van der Waals surface area contributed by atoms with Crippen LogP contribution in [0.1, 0.15) is 62.2 Å². The molecule has 2 aliphatic carbocycles. The summed E-state index contributed by atoms with van der Waals surface area (Å²) in [6.45, 7) is 6.78. The molecule has 0 spiro atoms. The van der Waals surface area contributed by atoms with E-state index >= 15 is 0 Å². The number of thiophene rings is 1. The van der Waals surface area contributed by atoms with Gasteiger partial charge in [-0.2, -0.15) is 0 Å². The van der Waals surface area contributed by atoms with Gasteiger partial charge in [0.1, 0.15) is 10.7 Å². The van der Waals surface area contributed by atoms with Gasteiger partial charge < -0.3 is 0 Å². The molecule has 3 aromatic heterocycles. The first-order valence-corrected chi connectivity index (χ1v) is 10.7. The van der Waals surface area contributed by atoms with Gasteiger partial charge in [-0.05, 0) is 43.6 Å². The first-order valence-electron chi connectivity index (χ1n) is 8.97. The smallest absolute Gasteiger partial charge is 0.197 e. The van der Waals surface area contributed by atoms with Gasteiger partial charge in [-0.3, -0.25) is 4.40 Å². The lowest BCUT2D eigenvalue weighted by molar-refractivity contribution is 0.509. The van der Waals surface area contributed by atoms with E-state index in [9.17, 15) is 0 Å². The molecule has 0 aliphatic heterocycles. The molecular formula is C18H22N4S2. The molecule has 126 valence electrons. The molecule has 0 N–H and O–H groups in total. The molecular weight excluding hydrogens is 336 g/mol. The van der Waals surface area contributed by atoms with Crippen molar-refractivity contribution in [2.24, 2.45) is 5.92 Å². The van der Waals surface area contributed by atoms with E-state index in [0.29, 0.717) is 11.2 Å². The molecule has 0 amide bonds. The van der Waals surface area contributed by atoms with Crippen LogP contribution < -0.4 is 0 Å². The van der Waals surface area contributed by atoms with Crippen molar-refractivity contribution < 1.29 is 0 Å². The van der Waals surface area contributed by atoms with E-state index in [4.69, 9.17) is 4.98 Å². The highest BCUT2D eigenvalue weighted by Gasteiger charge is 2.32. The Morgan fingerprint density at radius 3 is 2.79 bits per heavy atom. The zero-order valence-electron chi connectivity index (χ0n) is 14.4. The average molecular weight is 359 g/mol. The van der Waals surface area contributed by atoms with Gasteiger partial charge in [0.15, 0.2) is 10.8 Å². The summed E-state index contributed by atoms with van der Waals surface area (Å²) in [5.74, 6) is 2.57. The molecule has 1 saturated carbocycles. The number of rotatable bonds is 3. The maximum atomic E-state index is 5.12. The van der Waals surface area contributed by atoms with Crippen LogP contribution in [0.25, 0.3) is 15.9 Å². The fraction of sp³-hybridized carbons (Fsp3) is 0.611. The molecule has 0 unspecified atom stereocenters. The minimum atomic E-state index is 0.498. The van der Waals surface area contributed by atoms with E-state index in [-0.39, 0.29) is 0 Å². The Morgan fingerprint density at radius 2 is 2.04 bits per heavy atom. The summed E-state index contributed by atoms with van der Waals surface area (Å²) < 4.78 is 2.27. The van der Waals surface area contributed by atoms with Crippen LogP contribution in [0, 0.1) is 5.92 Å². The van der Waals surface area contributed by atoms with E-state index in [1.807, 2.05) is 11.3 Å². The summed E-state index contributed by atoms with van der Waals surface area (Å²) in [6, 6.07) is 0. The summed E-state index contributed by atoms with van der Waals surface area (Å²) >= 11 is 3.70. The molecule has 0 aromatic carbocycles. The lowest BCUT2D eigenvalue weighted by Gasteiger charge is -2.17. The lowest BCUT2D eigenvalue weighted by atomic mass is 9.89. The van der Waals surface area contributed by atoms with Crippen molar-refractivity contribution in [2.75, 3.05) is 0 Å². The number of hydrogen-bond donors (Lipinski definition) is 0. The number of fused-ring (bicyclic) bond motifs is 5. The minimum Gasteiger partial charge on any atom is -0.257 e. The van der Waals surface area contributed by atoms with E-state index in [1.165, 1.54) is 52.2 Å². The fourth-order valence-corrected chi connectivity index (χ4v) is 5.92. The van der Waals surface area contributed by atoms with Crippen molar-refractivity contribution in [3.8, 4) is 0 Å². The van der Waals surface area contributed by atoms with Gasteiger partial charge >= 0.3 is 0 Å². The highest BCUT2D eigenvalue weighted by atomic mass is 32.2. The molecule has 0 radical (unpaired) electrons. The molecule has 0 saturated heterocycles. The highest BCUT2D eigenvalue weighted by Crippen LogP contribution is 2.44. The van der Waals surface area contributed by atoms with Crippen LogP contribution in [-0.2, 0) is 12.8 Å². The van der Waals surface area contributed by atoms with Crippen molar-refractivity contribution in [3.05, 3.63) is 16.3 Å².